The van der Waals surface area contributed by atoms with Crippen molar-refractivity contribution < 1.29 is 14.9 Å². The first-order chi connectivity index (χ1) is 17.3. The Morgan fingerprint density at radius 3 is 2.86 bits per heavy atom. The van der Waals surface area contributed by atoms with Crippen LogP contribution < -0.4 is 0 Å². The minimum atomic E-state index is -0.918. The standard InChI is InChI=1S/C31H36N2O3/c1-4-33(3)25-17-30-12-13-31(36-30)22(16-24(30)27(34)28(25)35)9-11-29(2)23(7-8-26(29)31)20-6-5-19-10-14-32-18-21(19)15-20/h4-6,9-10,14-16,18,23,25-28,34-35H,1,7-8,11-13,17H2,2-3H3/t23-,25+,26-,27-,28-,29-,30-,31-/m1/s1. The third-order valence-corrected chi connectivity index (χ3v) is 10.7. The molecule has 2 spiro atoms. The van der Waals surface area contributed by atoms with E-state index in [1.165, 1.54) is 21.9 Å². The van der Waals surface area contributed by atoms with Crippen molar-refractivity contribution in [3.05, 3.63) is 78.3 Å². The summed E-state index contributed by atoms with van der Waals surface area (Å²) in [5.41, 5.74) is 2.82. The number of fused-ring (bicyclic) bond motifs is 2. The van der Waals surface area contributed by atoms with E-state index < -0.39 is 17.8 Å². The van der Waals surface area contributed by atoms with Crippen LogP contribution in [0, 0.1) is 11.3 Å². The van der Waals surface area contributed by atoms with Crippen LogP contribution in [0.3, 0.4) is 0 Å². The maximum absolute atomic E-state index is 11.2. The van der Waals surface area contributed by atoms with E-state index in [1.54, 1.807) is 6.20 Å². The molecule has 188 valence electrons. The summed E-state index contributed by atoms with van der Waals surface area (Å²) in [6.07, 6.45) is 14.3. The van der Waals surface area contributed by atoms with Gasteiger partial charge in [0.25, 0.3) is 0 Å². The van der Waals surface area contributed by atoms with Gasteiger partial charge in [0, 0.05) is 31.2 Å². The smallest absolute Gasteiger partial charge is 0.106 e. The molecule has 1 aromatic carbocycles. The highest BCUT2D eigenvalue weighted by atomic mass is 16.5. The van der Waals surface area contributed by atoms with Crippen molar-refractivity contribution in [1.29, 1.82) is 0 Å². The molecule has 3 heterocycles. The molecule has 3 fully saturated rings. The quantitative estimate of drug-likeness (QED) is 0.651. The van der Waals surface area contributed by atoms with Gasteiger partial charge in [-0.1, -0.05) is 37.8 Å². The Morgan fingerprint density at radius 1 is 1.17 bits per heavy atom. The second kappa shape index (κ2) is 7.53. The Labute approximate surface area is 213 Å². The van der Waals surface area contributed by atoms with Gasteiger partial charge >= 0.3 is 0 Å². The fraction of sp³-hybridized carbons (Fsp3) is 0.516. The van der Waals surface area contributed by atoms with Gasteiger partial charge in [-0.3, -0.25) is 4.98 Å². The summed E-state index contributed by atoms with van der Waals surface area (Å²) in [6.45, 7) is 6.37. The van der Waals surface area contributed by atoms with Gasteiger partial charge in [0.1, 0.15) is 12.2 Å². The Kier molecular flexibility index (Phi) is 4.75. The zero-order valence-electron chi connectivity index (χ0n) is 21.2. The van der Waals surface area contributed by atoms with Crippen molar-refractivity contribution in [1.82, 2.24) is 9.88 Å². The van der Waals surface area contributed by atoms with E-state index in [9.17, 15) is 10.2 Å². The first-order valence-electron chi connectivity index (χ1n) is 13.5. The number of aliphatic hydroxyl groups is 2. The highest BCUT2D eigenvalue weighted by Crippen LogP contribution is 2.69. The van der Waals surface area contributed by atoms with Crippen LogP contribution in [0.2, 0.25) is 0 Å². The molecule has 7 rings (SSSR count). The maximum atomic E-state index is 11.2. The molecule has 0 radical (unpaired) electrons. The Balaban J connectivity index is 1.28. The van der Waals surface area contributed by atoms with Crippen LogP contribution >= 0.6 is 0 Å². The summed E-state index contributed by atoms with van der Waals surface area (Å²) in [5, 5.41) is 24.6. The Hall–Kier alpha value is -2.47. The molecular formula is C31H36N2O3. The van der Waals surface area contributed by atoms with Crippen molar-refractivity contribution in [2.45, 2.75) is 80.8 Å². The molecular weight excluding hydrogens is 448 g/mol. The molecule has 3 aliphatic carbocycles. The van der Waals surface area contributed by atoms with Gasteiger partial charge in [-0.05, 0) is 89.8 Å². The van der Waals surface area contributed by atoms with Crippen LogP contribution in [0.4, 0.5) is 0 Å². The fourth-order valence-corrected chi connectivity index (χ4v) is 8.82. The number of aromatic nitrogens is 1. The van der Waals surface area contributed by atoms with E-state index in [0.717, 1.165) is 37.7 Å². The van der Waals surface area contributed by atoms with Crippen molar-refractivity contribution in [3.63, 3.8) is 0 Å². The third-order valence-electron chi connectivity index (χ3n) is 10.7. The monoisotopic (exact) mass is 484 g/mol. The summed E-state index contributed by atoms with van der Waals surface area (Å²) in [5.74, 6) is 0.902. The normalized spacial score (nSPS) is 42.7. The lowest BCUT2D eigenvalue weighted by atomic mass is 9.58. The van der Waals surface area contributed by atoms with Crippen molar-refractivity contribution in [2.75, 3.05) is 7.05 Å². The second-order valence-corrected chi connectivity index (χ2v) is 12.2. The highest BCUT2D eigenvalue weighted by molar-refractivity contribution is 5.82. The number of benzene rings is 1. The molecule has 2 aromatic rings. The van der Waals surface area contributed by atoms with Gasteiger partial charge in [-0.2, -0.15) is 0 Å². The van der Waals surface area contributed by atoms with Gasteiger partial charge in [0.2, 0.25) is 0 Å². The summed E-state index contributed by atoms with van der Waals surface area (Å²) < 4.78 is 7.28. The lowest BCUT2D eigenvalue weighted by Crippen LogP contribution is -2.61. The van der Waals surface area contributed by atoms with Crippen molar-refractivity contribution in [2.24, 2.45) is 11.3 Å². The first-order valence-corrected chi connectivity index (χ1v) is 13.5. The van der Waals surface area contributed by atoms with E-state index in [4.69, 9.17) is 4.74 Å². The molecule has 2 N–H and O–H groups in total. The molecule has 1 aromatic heterocycles. The van der Waals surface area contributed by atoms with Crippen LogP contribution in [0.1, 0.15) is 56.9 Å². The number of likely N-dealkylation sites (N-methyl/N-ethyl adjacent to an activating group) is 1. The van der Waals surface area contributed by atoms with Gasteiger partial charge < -0.3 is 19.8 Å². The lowest BCUT2D eigenvalue weighted by molar-refractivity contribution is -0.164. The SMILES string of the molecule is C=CN(C)[C@H]1C[C@@]23CC[C@@]4(O2)C(=CC[C@]2(C)[C@@H](c5ccc6ccncc6c5)CC[C@H]24)C=C3[C@@H](O)[C@@H]1O. The van der Waals surface area contributed by atoms with Gasteiger partial charge in [-0.15, -0.1) is 0 Å². The average molecular weight is 485 g/mol. The van der Waals surface area contributed by atoms with E-state index in [-0.39, 0.29) is 17.1 Å². The number of pyridine rings is 1. The van der Waals surface area contributed by atoms with Crippen LogP contribution in [0.25, 0.3) is 10.8 Å². The molecule has 2 aliphatic heterocycles. The van der Waals surface area contributed by atoms with E-state index in [0.29, 0.717) is 18.3 Å². The number of aliphatic hydroxyl groups excluding tert-OH is 2. The van der Waals surface area contributed by atoms with Crippen molar-refractivity contribution >= 4 is 10.8 Å². The fourth-order valence-electron chi connectivity index (χ4n) is 8.82. The summed E-state index contributed by atoms with van der Waals surface area (Å²) in [4.78, 5) is 6.29. The molecule has 2 saturated carbocycles. The molecule has 0 unspecified atom stereocenters. The zero-order chi connectivity index (χ0) is 24.9. The summed E-state index contributed by atoms with van der Waals surface area (Å²) in [6, 6.07) is 8.78. The molecule has 5 nitrogen and oxygen atoms in total. The van der Waals surface area contributed by atoms with E-state index in [2.05, 4.69) is 54.9 Å². The van der Waals surface area contributed by atoms with Crippen molar-refractivity contribution in [3.8, 4) is 0 Å². The lowest BCUT2D eigenvalue weighted by Gasteiger charge is -2.56. The molecule has 8 atom stereocenters. The molecule has 36 heavy (non-hydrogen) atoms. The number of hydrogen-bond donors (Lipinski definition) is 2. The second-order valence-electron chi connectivity index (χ2n) is 12.2. The predicted molar refractivity (Wildman–Crippen MR) is 140 cm³/mol. The largest absolute Gasteiger partial charge is 0.388 e. The molecule has 1 saturated heterocycles. The molecule has 5 aliphatic rings. The predicted octanol–water partition coefficient (Wildman–Crippen LogP) is 4.86. The van der Waals surface area contributed by atoms with Crippen LogP contribution in [-0.4, -0.2) is 56.6 Å². The maximum Gasteiger partial charge on any atom is 0.106 e. The summed E-state index contributed by atoms with van der Waals surface area (Å²) in [7, 11) is 1.93. The number of nitrogens with zero attached hydrogens (tertiary/aromatic N) is 2. The van der Waals surface area contributed by atoms with Crippen LogP contribution in [-0.2, 0) is 4.74 Å². The number of allylic oxidation sites excluding steroid dienone is 1. The van der Waals surface area contributed by atoms with Crippen LogP contribution in [0.15, 0.2) is 72.7 Å². The Morgan fingerprint density at radius 2 is 2.03 bits per heavy atom. The number of ether oxygens (including phenoxy) is 1. The van der Waals surface area contributed by atoms with Gasteiger partial charge in [-0.25, -0.2) is 0 Å². The highest BCUT2D eigenvalue weighted by Gasteiger charge is 2.68. The first kappa shape index (κ1) is 22.7. The third kappa shape index (κ3) is 2.80. The molecule has 2 bridgehead atoms. The zero-order valence-corrected chi connectivity index (χ0v) is 21.2. The Bertz CT molecular complexity index is 1320. The molecule has 5 heteroatoms. The minimum absolute atomic E-state index is 0.111. The van der Waals surface area contributed by atoms with E-state index >= 15 is 0 Å². The van der Waals surface area contributed by atoms with Gasteiger partial charge in [0.05, 0.1) is 17.2 Å². The topological polar surface area (TPSA) is 65.8 Å². The number of hydrogen-bond acceptors (Lipinski definition) is 5. The van der Waals surface area contributed by atoms with Crippen LogP contribution in [0.5, 0.6) is 0 Å². The van der Waals surface area contributed by atoms with E-state index in [1.807, 2.05) is 24.3 Å². The molecule has 0 amide bonds. The number of rotatable bonds is 3. The van der Waals surface area contributed by atoms with Gasteiger partial charge in [0.15, 0.2) is 0 Å². The summed E-state index contributed by atoms with van der Waals surface area (Å²) >= 11 is 0. The average Bonchev–Trinajstić information content (AvgIpc) is 3.41. The minimum Gasteiger partial charge on any atom is -0.388 e.